The largest absolute Gasteiger partial charge is 0.0745 e. The molecule has 1 aromatic rings. The van der Waals surface area contributed by atoms with Gasteiger partial charge >= 0.3 is 0 Å². The highest BCUT2D eigenvalue weighted by atomic mass is 79.9. The monoisotopic (exact) mass is 388 g/mol. The molecule has 2 saturated carbocycles. The Balaban J connectivity index is 1.37. The van der Waals surface area contributed by atoms with Crippen molar-refractivity contribution < 1.29 is 0 Å². The summed E-state index contributed by atoms with van der Waals surface area (Å²) >= 11 is 3.44. The van der Waals surface area contributed by atoms with Gasteiger partial charge in [0.2, 0.25) is 0 Å². The lowest BCUT2D eigenvalue weighted by Crippen LogP contribution is -2.25. The van der Waals surface area contributed by atoms with Crippen molar-refractivity contribution in [1.29, 1.82) is 0 Å². The van der Waals surface area contributed by atoms with Crippen LogP contribution >= 0.6 is 15.9 Å². The molecule has 0 spiro atoms. The Morgan fingerprint density at radius 3 is 2.04 bits per heavy atom. The van der Waals surface area contributed by atoms with Crippen LogP contribution in [0.15, 0.2) is 35.3 Å². The number of allylic oxidation sites excluding steroid dienone is 1. The molecule has 0 nitrogen and oxygen atoms in total. The van der Waals surface area contributed by atoms with Crippen LogP contribution < -0.4 is 0 Å². The van der Waals surface area contributed by atoms with E-state index in [0.717, 1.165) is 23.7 Å². The van der Waals surface area contributed by atoms with E-state index in [0.29, 0.717) is 0 Å². The smallest absolute Gasteiger partial charge is 0.0225 e. The molecule has 0 unspecified atom stereocenters. The molecule has 2 aliphatic rings. The lowest BCUT2D eigenvalue weighted by molar-refractivity contribution is 0.153. The van der Waals surface area contributed by atoms with Gasteiger partial charge in [-0.3, -0.25) is 0 Å². The summed E-state index contributed by atoms with van der Waals surface area (Å²) in [5.74, 6) is 3.89. The van der Waals surface area contributed by atoms with Gasteiger partial charge in [-0.1, -0.05) is 64.7 Å². The Morgan fingerprint density at radius 2 is 1.46 bits per heavy atom. The number of hydrogen-bond acceptors (Lipinski definition) is 0. The van der Waals surface area contributed by atoms with Crippen molar-refractivity contribution in [2.45, 2.75) is 71.1 Å². The van der Waals surface area contributed by atoms with Crippen LogP contribution in [0.4, 0.5) is 0 Å². The molecule has 0 aromatic heterocycles. The van der Waals surface area contributed by atoms with Gasteiger partial charge in [0.15, 0.2) is 0 Å². The van der Waals surface area contributed by atoms with Crippen molar-refractivity contribution in [3.05, 3.63) is 46.5 Å². The van der Waals surface area contributed by atoms with Crippen molar-refractivity contribution in [2.24, 2.45) is 23.7 Å². The van der Waals surface area contributed by atoms with Crippen LogP contribution in [0.3, 0.4) is 0 Å². The fourth-order valence-corrected chi connectivity index (χ4v) is 5.42. The molecule has 0 radical (unpaired) electrons. The zero-order valence-corrected chi connectivity index (χ0v) is 16.8. The van der Waals surface area contributed by atoms with Crippen molar-refractivity contribution in [3.8, 4) is 0 Å². The topological polar surface area (TPSA) is 0 Å². The maximum absolute atomic E-state index is 3.44. The molecule has 0 bridgehead atoms. The second kappa shape index (κ2) is 9.22. The van der Waals surface area contributed by atoms with E-state index in [1.54, 1.807) is 0 Å². The van der Waals surface area contributed by atoms with Gasteiger partial charge in [-0.15, -0.1) is 0 Å². The molecule has 2 aliphatic carbocycles. The fraction of sp³-hybridized carbons (Fsp3) is 0.652. The maximum Gasteiger partial charge on any atom is -0.0225 e. The van der Waals surface area contributed by atoms with E-state index in [-0.39, 0.29) is 0 Å². The highest BCUT2D eigenvalue weighted by Gasteiger charge is 2.30. The van der Waals surface area contributed by atoms with Crippen LogP contribution in [-0.2, 0) is 6.42 Å². The van der Waals surface area contributed by atoms with Crippen molar-refractivity contribution in [1.82, 2.24) is 0 Å². The summed E-state index contributed by atoms with van der Waals surface area (Å²) in [6.07, 6.45) is 16.8. The summed E-state index contributed by atoms with van der Waals surface area (Å²) in [4.78, 5) is 2.07. The predicted octanol–water partition coefficient (Wildman–Crippen LogP) is 7.45. The number of hydrogen-bond donors (Lipinski definition) is 0. The second-order valence-corrected chi connectivity index (χ2v) is 8.83. The Morgan fingerprint density at radius 1 is 0.875 bits per heavy atom. The summed E-state index contributed by atoms with van der Waals surface area (Å²) < 4.78 is 0. The zero-order chi connectivity index (χ0) is 16.8. The Bertz CT molecular complexity index is 499. The molecule has 0 aliphatic heterocycles. The van der Waals surface area contributed by atoms with E-state index in [4.69, 9.17) is 0 Å². The van der Waals surface area contributed by atoms with E-state index < -0.39 is 0 Å². The zero-order valence-electron chi connectivity index (χ0n) is 15.2. The Labute approximate surface area is 157 Å². The molecule has 3 rings (SSSR count). The molecule has 1 heteroatoms. The first-order chi connectivity index (χ1) is 11.7. The summed E-state index contributed by atoms with van der Waals surface area (Å²) in [6, 6.07) is 9.16. The van der Waals surface area contributed by atoms with E-state index in [1.165, 1.54) is 75.3 Å². The number of rotatable bonds is 5. The highest BCUT2D eigenvalue weighted by molar-refractivity contribution is 9.11. The number of aryl methyl sites for hydroxylation is 2. The van der Waals surface area contributed by atoms with Crippen LogP contribution in [0.5, 0.6) is 0 Å². The van der Waals surface area contributed by atoms with Crippen molar-refractivity contribution in [2.75, 3.05) is 0 Å². The van der Waals surface area contributed by atoms with Crippen molar-refractivity contribution in [3.63, 3.8) is 0 Å². The molecule has 2 fully saturated rings. The van der Waals surface area contributed by atoms with Gasteiger partial charge in [0, 0.05) is 0 Å². The molecule has 0 heterocycles. The fourth-order valence-electron chi connectivity index (χ4n) is 4.99. The average molecular weight is 389 g/mol. The molecular formula is C23H33Br. The highest BCUT2D eigenvalue weighted by Crippen LogP contribution is 2.42. The quantitative estimate of drug-likeness (QED) is 0.491. The van der Waals surface area contributed by atoms with Gasteiger partial charge in [-0.2, -0.15) is 0 Å². The van der Waals surface area contributed by atoms with Crippen molar-refractivity contribution >= 4 is 15.9 Å². The second-order valence-electron chi connectivity index (χ2n) is 8.30. The van der Waals surface area contributed by atoms with Crippen LogP contribution in [0.25, 0.3) is 0 Å². The first-order valence-corrected chi connectivity index (χ1v) is 11.0. The van der Waals surface area contributed by atoms with Crippen LogP contribution in [-0.4, -0.2) is 0 Å². The van der Waals surface area contributed by atoms with Gasteiger partial charge in [0.1, 0.15) is 0 Å². The molecule has 0 saturated heterocycles. The van der Waals surface area contributed by atoms with Gasteiger partial charge < -0.3 is 0 Å². The lowest BCUT2D eigenvalue weighted by Gasteiger charge is -2.37. The summed E-state index contributed by atoms with van der Waals surface area (Å²) in [7, 11) is 0. The molecule has 1 aromatic carbocycles. The van der Waals surface area contributed by atoms with E-state index in [1.807, 2.05) is 0 Å². The molecule has 0 amide bonds. The SMILES string of the molecule is Cc1ccc(CCC2CCC(C3CCC(/C=C/Br)CC3)CC2)cc1. The van der Waals surface area contributed by atoms with Crippen LogP contribution in [0, 0.1) is 30.6 Å². The van der Waals surface area contributed by atoms with Crippen LogP contribution in [0.2, 0.25) is 0 Å². The Hall–Kier alpha value is -0.560. The van der Waals surface area contributed by atoms with Gasteiger partial charge in [-0.25, -0.2) is 0 Å². The molecular weight excluding hydrogens is 356 g/mol. The molecule has 0 N–H and O–H groups in total. The van der Waals surface area contributed by atoms with Gasteiger partial charge in [0.25, 0.3) is 0 Å². The average Bonchev–Trinajstić information content (AvgIpc) is 2.63. The minimum Gasteiger partial charge on any atom is -0.0745 e. The third kappa shape index (κ3) is 5.22. The first-order valence-electron chi connectivity index (χ1n) is 10.1. The standard InChI is InChI=1S/C23H33Br/c1-18-2-4-19(5-3-18)6-7-20-8-12-22(13-9-20)23-14-10-21(11-15-23)16-17-24/h2-5,16-17,20-23H,6-15H2,1H3/b17-16+. The third-order valence-electron chi connectivity index (χ3n) is 6.68. The number of halogens is 1. The van der Waals surface area contributed by atoms with Crippen LogP contribution in [0.1, 0.15) is 68.9 Å². The summed E-state index contributed by atoms with van der Waals surface area (Å²) in [5.41, 5.74) is 2.90. The summed E-state index contributed by atoms with van der Waals surface area (Å²) in [5, 5.41) is 0. The number of benzene rings is 1. The van der Waals surface area contributed by atoms with Gasteiger partial charge in [0.05, 0.1) is 0 Å². The first kappa shape index (κ1) is 18.2. The minimum atomic E-state index is 0.839. The van der Waals surface area contributed by atoms with Gasteiger partial charge in [-0.05, 0) is 92.5 Å². The van der Waals surface area contributed by atoms with E-state index >= 15 is 0 Å². The maximum atomic E-state index is 3.44. The van der Waals surface area contributed by atoms with E-state index in [9.17, 15) is 0 Å². The third-order valence-corrected chi connectivity index (χ3v) is 6.99. The lowest BCUT2D eigenvalue weighted by atomic mass is 9.68. The van der Waals surface area contributed by atoms with E-state index in [2.05, 4.69) is 58.2 Å². The predicted molar refractivity (Wildman–Crippen MR) is 108 cm³/mol. The Kier molecular flexibility index (Phi) is 7.01. The molecule has 0 atom stereocenters. The molecule has 132 valence electrons. The summed E-state index contributed by atoms with van der Waals surface area (Å²) in [6.45, 7) is 2.18. The minimum absolute atomic E-state index is 0.839. The normalized spacial score (nSPS) is 31.4. The molecule has 24 heavy (non-hydrogen) atoms.